The molecule has 1 saturated carbocycles. The minimum atomic E-state index is -1.52. The summed E-state index contributed by atoms with van der Waals surface area (Å²) in [6, 6.07) is 15.0. The van der Waals surface area contributed by atoms with Crippen molar-refractivity contribution in [2.24, 2.45) is 27.0 Å². The van der Waals surface area contributed by atoms with Crippen LogP contribution in [-0.4, -0.2) is 44.0 Å². The van der Waals surface area contributed by atoms with Crippen LogP contribution in [0, 0.1) is 38.9 Å². The molecule has 0 unspecified atom stereocenters. The van der Waals surface area contributed by atoms with Crippen LogP contribution in [-0.2, 0) is 16.0 Å². The van der Waals surface area contributed by atoms with Gasteiger partial charge in [-0.15, -0.1) is 0 Å². The molecule has 2 atom stereocenters. The lowest BCUT2D eigenvalue weighted by atomic mass is 9.80. The van der Waals surface area contributed by atoms with E-state index >= 15 is 0 Å². The number of ether oxygens (including phenoxy) is 2. The molecule has 0 amide bonds. The summed E-state index contributed by atoms with van der Waals surface area (Å²) >= 11 is 0. The summed E-state index contributed by atoms with van der Waals surface area (Å²) in [5, 5.41) is 20.3. The zero-order chi connectivity index (χ0) is 19.3. The van der Waals surface area contributed by atoms with Crippen molar-refractivity contribution in [1.82, 2.24) is 4.90 Å². The second-order valence-corrected chi connectivity index (χ2v) is 7.55. The molecule has 2 aliphatic heterocycles. The van der Waals surface area contributed by atoms with E-state index in [9.17, 15) is 10.5 Å². The van der Waals surface area contributed by atoms with Crippen molar-refractivity contribution in [2.75, 3.05) is 27.3 Å². The van der Waals surface area contributed by atoms with E-state index in [1.54, 1.807) is 0 Å². The summed E-state index contributed by atoms with van der Waals surface area (Å²) < 4.78 is 11.1. The van der Waals surface area contributed by atoms with Crippen LogP contribution in [0.15, 0.2) is 35.3 Å². The number of amidine groups is 1. The second kappa shape index (κ2) is 5.77. The van der Waals surface area contributed by atoms with E-state index in [0.717, 1.165) is 19.6 Å². The molecule has 0 aromatic heterocycles. The number of methoxy groups -OCH3 is 2. The van der Waals surface area contributed by atoms with Gasteiger partial charge in [0.1, 0.15) is 11.3 Å². The Morgan fingerprint density at radius 3 is 2.26 bits per heavy atom. The van der Waals surface area contributed by atoms with E-state index < -0.39 is 22.2 Å². The minimum Gasteiger partial charge on any atom is -0.386 e. The Bertz CT molecular complexity index is 859. The first kappa shape index (κ1) is 17.9. The van der Waals surface area contributed by atoms with E-state index in [-0.39, 0.29) is 5.84 Å². The molecule has 2 N–H and O–H groups in total. The van der Waals surface area contributed by atoms with Crippen LogP contribution < -0.4 is 5.73 Å². The Morgan fingerprint density at radius 2 is 1.74 bits per heavy atom. The van der Waals surface area contributed by atoms with Crippen molar-refractivity contribution in [3.8, 4) is 12.1 Å². The monoisotopic (exact) mass is 365 g/mol. The zero-order valence-electron chi connectivity index (χ0n) is 15.6. The average molecular weight is 365 g/mol. The Balaban J connectivity index is 1.65. The molecular weight excluding hydrogens is 342 g/mol. The van der Waals surface area contributed by atoms with Crippen molar-refractivity contribution < 1.29 is 9.47 Å². The van der Waals surface area contributed by atoms with Gasteiger partial charge in [-0.05, 0) is 31.5 Å². The summed E-state index contributed by atoms with van der Waals surface area (Å²) in [5.41, 5.74) is 4.50. The normalized spacial score (nSPS) is 33.0. The summed E-state index contributed by atoms with van der Waals surface area (Å²) in [6.07, 6.45) is 1.34. The summed E-state index contributed by atoms with van der Waals surface area (Å²) in [7, 11) is 2.90. The molecule has 2 heterocycles. The summed E-state index contributed by atoms with van der Waals surface area (Å²) in [5.74, 6) is -1.37. The highest BCUT2D eigenvalue weighted by Gasteiger charge is 3.00. The van der Waals surface area contributed by atoms with Gasteiger partial charge in [-0.2, -0.15) is 10.5 Å². The van der Waals surface area contributed by atoms with E-state index in [0.29, 0.717) is 12.8 Å². The Kier molecular flexibility index (Phi) is 3.83. The quantitative estimate of drug-likeness (QED) is 0.813. The molecule has 1 aliphatic carbocycles. The maximum Gasteiger partial charge on any atom is 0.292 e. The van der Waals surface area contributed by atoms with Gasteiger partial charge in [-0.3, -0.25) is 4.90 Å². The largest absolute Gasteiger partial charge is 0.386 e. The molecule has 0 bridgehead atoms. The molecule has 1 aromatic rings. The van der Waals surface area contributed by atoms with Crippen molar-refractivity contribution in [3.05, 3.63) is 35.9 Å². The Morgan fingerprint density at radius 1 is 1.11 bits per heavy atom. The van der Waals surface area contributed by atoms with Crippen LogP contribution in [0.25, 0.3) is 0 Å². The number of fused-ring (bicyclic) bond motifs is 3. The van der Waals surface area contributed by atoms with Crippen LogP contribution >= 0.6 is 0 Å². The van der Waals surface area contributed by atoms with Crippen molar-refractivity contribution in [1.29, 1.82) is 10.5 Å². The standard InChI is InChI=1S/C20H23N5O2/c1-26-20(27-2)19(14-22)17(18(19,13-21)16(23)24-20)8-10-25(11-9-17)12-15-6-4-3-5-7-15/h3-7H,8-12H2,1-2H3,(H2,23,24)/t18-,19-/m0/s1. The fourth-order valence-electron chi connectivity index (χ4n) is 5.67. The first-order valence-corrected chi connectivity index (χ1v) is 9.08. The van der Waals surface area contributed by atoms with Crippen LogP contribution in [0.5, 0.6) is 0 Å². The molecule has 4 rings (SSSR count). The topological polar surface area (TPSA) is 108 Å². The molecule has 7 heteroatoms. The lowest BCUT2D eigenvalue weighted by molar-refractivity contribution is -0.238. The predicted molar refractivity (Wildman–Crippen MR) is 97.8 cm³/mol. The zero-order valence-corrected chi connectivity index (χ0v) is 15.6. The number of piperidine rings is 1. The van der Waals surface area contributed by atoms with Crippen LogP contribution in [0.2, 0.25) is 0 Å². The first-order valence-electron chi connectivity index (χ1n) is 9.08. The maximum atomic E-state index is 10.2. The third-order valence-corrected chi connectivity index (χ3v) is 6.91. The maximum absolute atomic E-state index is 10.2. The highest BCUT2D eigenvalue weighted by Crippen LogP contribution is 2.88. The number of hydrogen-bond donors (Lipinski definition) is 1. The first-order chi connectivity index (χ1) is 13.0. The van der Waals surface area contributed by atoms with Gasteiger partial charge in [0.2, 0.25) is 0 Å². The smallest absolute Gasteiger partial charge is 0.292 e. The minimum absolute atomic E-state index is 0.159. The van der Waals surface area contributed by atoms with Gasteiger partial charge < -0.3 is 15.2 Å². The molecule has 3 aliphatic rings. The van der Waals surface area contributed by atoms with Crippen molar-refractivity contribution in [3.63, 3.8) is 0 Å². The number of rotatable bonds is 4. The number of likely N-dealkylation sites (tertiary alicyclic amines) is 1. The van der Waals surface area contributed by atoms with Gasteiger partial charge in [0.25, 0.3) is 5.91 Å². The molecule has 1 spiro atoms. The second-order valence-electron chi connectivity index (χ2n) is 7.55. The molecule has 140 valence electrons. The Labute approximate surface area is 159 Å². The third kappa shape index (κ3) is 1.77. The van der Waals surface area contributed by atoms with Gasteiger partial charge in [0.15, 0.2) is 5.41 Å². The van der Waals surface area contributed by atoms with Gasteiger partial charge in [0.05, 0.1) is 12.1 Å². The fourth-order valence-corrected chi connectivity index (χ4v) is 5.67. The van der Waals surface area contributed by atoms with Gasteiger partial charge in [0, 0.05) is 26.2 Å². The fraction of sp³-hybridized carbons (Fsp3) is 0.550. The number of aliphatic imine (C=N–C) groups is 1. The third-order valence-electron chi connectivity index (χ3n) is 6.91. The van der Waals surface area contributed by atoms with E-state index in [4.69, 9.17) is 15.2 Å². The number of benzene rings is 1. The SMILES string of the molecule is COC1(OC)N=C(N)[C@@]2(C#N)C3(CCN(Cc4ccccc4)CC3)[C@]12C#N. The molecule has 2 fully saturated rings. The lowest BCUT2D eigenvalue weighted by Gasteiger charge is -2.38. The number of nitrogens with two attached hydrogens (primary N) is 1. The van der Waals surface area contributed by atoms with Crippen molar-refractivity contribution >= 4 is 5.84 Å². The average Bonchev–Trinajstić information content (AvgIpc) is 3.13. The summed E-state index contributed by atoms with van der Waals surface area (Å²) in [4.78, 5) is 6.65. The molecule has 7 nitrogen and oxygen atoms in total. The Hall–Kier alpha value is -2.45. The van der Waals surface area contributed by atoms with Gasteiger partial charge in [-0.25, -0.2) is 4.99 Å². The van der Waals surface area contributed by atoms with Crippen molar-refractivity contribution in [2.45, 2.75) is 25.3 Å². The molecular formula is C20H23N5O2. The van der Waals surface area contributed by atoms with E-state index in [1.165, 1.54) is 19.8 Å². The van der Waals surface area contributed by atoms with E-state index in [1.807, 2.05) is 18.2 Å². The molecule has 0 radical (unpaired) electrons. The summed E-state index contributed by atoms with van der Waals surface area (Å²) in [6.45, 7) is 2.40. The van der Waals surface area contributed by atoms with Gasteiger partial charge >= 0.3 is 0 Å². The van der Waals surface area contributed by atoms with Crippen LogP contribution in [0.1, 0.15) is 18.4 Å². The lowest BCUT2D eigenvalue weighted by Crippen LogP contribution is -2.47. The molecule has 1 saturated heterocycles. The highest BCUT2D eigenvalue weighted by atomic mass is 16.7. The number of nitrogens with zero attached hydrogens (tertiary/aromatic N) is 4. The number of nitriles is 2. The number of hydrogen-bond acceptors (Lipinski definition) is 7. The van der Waals surface area contributed by atoms with E-state index in [2.05, 4.69) is 34.2 Å². The highest BCUT2D eigenvalue weighted by molar-refractivity contribution is 6.00. The molecule has 1 aromatic carbocycles. The van der Waals surface area contributed by atoms with Gasteiger partial charge in [-0.1, -0.05) is 30.3 Å². The molecule has 27 heavy (non-hydrogen) atoms. The van der Waals surface area contributed by atoms with Crippen LogP contribution in [0.3, 0.4) is 0 Å². The van der Waals surface area contributed by atoms with Crippen LogP contribution in [0.4, 0.5) is 0 Å². The predicted octanol–water partition coefficient (Wildman–Crippen LogP) is 1.62.